The third-order valence-electron chi connectivity index (χ3n) is 3.31. The Labute approximate surface area is 126 Å². The van der Waals surface area contributed by atoms with Crippen molar-refractivity contribution in [2.45, 2.75) is 64.7 Å². The van der Waals surface area contributed by atoms with Crippen molar-refractivity contribution in [3.8, 4) is 5.06 Å². The molecule has 0 saturated carbocycles. The normalized spacial score (nSPS) is 10.7. The molecule has 1 rings (SSSR count). The van der Waals surface area contributed by atoms with Crippen molar-refractivity contribution in [2.24, 2.45) is 0 Å². The second-order valence-corrected chi connectivity index (χ2v) is 6.01. The fraction of sp³-hybridized carbons (Fsp3) is 0.688. The van der Waals surface area contributed by atoms with Crippen molar-refractivity contribution in [1.29, 1.82) is 0 Å². The molecule has 1 aromatic rings. The fourth-order valence-electron chi connectivity index (χ4n) is 2.09. The molecular formula is C16H26O3S. The highest BCUT2D eigenvalue weighted by Crippen LogP contribution is 2.23. The molecule has 0 bridgehead atoms. The molecule has 0 spiro atoms. The van der Waals surface area contributed by atoms with Gasteiger partial charge in [-0.1, -0.05) is 58.3 Å². The number of carbonyl (C=O) groups is 1. The minimum atomic E-state index is -0.890. The average Bonchev–Trinajstić information content (AvgIpc) is 2.90. The lowest BCUT2D eigenvalue weighted by atomic mass is 10.1. The lowest BCUT2D eigenvalue weighted by Crippen LogP contribution is -1.96. The molecule has 0 radical (unpaired) electrons. The van der Waals surface area contributed by atoms with Crippen LogP contribution in [0.25, 0.3) is 0 Å². The molecule has 0 unspecified atom stereocenters. The summed E-state index contributed by atoms with van der Waals surface area (Å²) in [5.41, 5.74) is 0.317. The van der Waals surface area contributed by atoms with Crippen molar-refractivity contribution < 1.29 is 14.6 Å². The van der Waals surface area contributed by atoms with Crippen molar-refractivity contribution >= 4 is 17.3 Å². The van der Waals surface area contributed by atoms with Gasteiger partial charge in [-0.3, -0.25) is 0 Å². The smallest absolute Gasteiger partial charge is 0.336 e. The van der Waals surface area contributed by atoms with Crippen LogP contribution in [0.4, 0.5) is 0 Å². The van der Waals surface area contributed by atoms with Gasteiger partial charge in [-0.05, 0) is 6.42 Å². The summed E-state index contributed by atoms with van der Waals surface area (Å²) in [6, 6.07) is 1.60. The zero-order chi connectivity index (χ0) is 14.6. The second-order valence-electron chi connectivity index (χ2n) is 5.14. The van der Waals surface area contributed by atoms with Crippen LogP contribution in [0.5, 0.6) is 5.06 Å². The number of aromatic carboxylic acids is 1. The van der Waals surface area contributed by atoms with Crippen LogP contribution in [0, 0.1) is 0 Å². The van der Waals surface area contributed by atoms with Crippen LogP contribution in [0.2, 0.25) is 0 Å². The average molecular weight is 298 g/mol. The highest BCUT2D eigenvalue weighted by molar-refractivity contribution is 7.12. The Balaban J connectivity index is 1.93. The molecule has 0 aliphatic heterocycles. The number of unbranched alkanes of at least 4 members (excludes halogenated alkanes) is 8. The van der Waals surface area contributed by atoms with Gasteiger partial charge in [0.25, 0.3) is 0 Å². The van der Waals surface area contributed by atoms with E-state index in [1.54, 1.807) is 11.4 Å². The monoisotopic (exact) mass is 298 g/mol. The van der Waals surface area contributed by atoms with Crippen LogP contribution in [0.3, 0.4) is 0 Å². The summed E-state index contributed by atoms with van der Waals surface area (Å²) < 4.78 is 5.55. The van der Waals surface area contributed by atoms with Crippen molar-refractivity contribution in [3.63, 3.8) is 0 Å². The number of carboxylic acid groups (broad SMARTS) is 1. The molecule has 1 aromatic heterocycles. The third-order valence-corrected chi connectivity index (χ3v) is 4.15. The molecule has 1 heterocycles. The molecular weight excluding hydrogens is 272 g/mol. The van der Waals surface area contributed by atoms with E-state index in [2.05, 4.69) is 6.92 Å². The van der Waals surface area contributed by atoms with E-state index in [0.29, 0.717) is 17.2 Å². The molecule has 0 aromatic carbocycles. The molecule has 0 atom stereocenters. The largest absolute Gasteiger partial charge is 0.484 e. The number of rotatable bonds is 12. The Bertz CT molecular complexity index is 374. The van der Waals surface area contributed by atoms with Gasteiger partial charge in [0.1, 0.15) is 0 Å². The second kappa shape index (κ2) is 10.7. The minimum absolute atomic E-state index is 0.317. The summed E-state index contributed by atoms with van der Waals surface area (Å²) in [5, 5.41) is 11.1. The van der Waals surface area contributed by atoms with Crippen molar-refractivity contribution in [3.05, 3.63) is 17.0 Å². The number of hydrogen-bond donors (Lipinski definition) is 1. The van der Waals surface area contributed by atoms with Gasteiger partial charge in [0.2, 0.25) is 0 Å². The lowest BCUT2D eigenvalue weighted by Gasteiger charge is -2.03. The number of thiophene rings is 1. The molecule has 0 aliphatic carbocycles. The van der Waals surface area contributed by atoms with Gasteiger partial charge in [-0.2, -0.15) is 0 Å². The maximum atomic E-state index is 10.7. The van der Waals surface area contributed by atoms with E-state index < -0.39 is 5.97 Å². The quantitative estimate of drug-likeness (QED) is 0.529. The molecule has 0 saturated heterocycles. The lowest BCUT2D eigenvalue weighted by molar-refractivity contribution is 0.0697. The van der Waals surface area contributed by atoms with E-state index in [1.165, 1.54) is 62.7 Å². The van der Waals surface area contributed by atoms with Gasteiger partial charge in [-0.15, -0.1) is 11.3 Å². The molecule has 0 amide bonds. The molecule has 4 heteroatoms. The fourth-order valence-corrected chi connectivity index (χ4v) is 2.85. The SMILES string of the molecule is CCCCCCCCCCCOc1cc(C(=O)O)cs1. The van der Waals surface area contributed by atoms with Crippen LogP contribution in [0.1, 0.15) is 75.1 Å². The molecule has 1 N–H and O–H groups in total. The summed E-state index contributed by atoms with van der Waals surface area (Å²) in [5.74, 6) is -0.890. The van der Waals surface area contributed by atoms with Gasteiger partial charge in [0.15, 0.2) is 5.06 Å². The van der Waals surface area contributed by atoms with E-state index in [0.717, 1.165) is 6.42 Å². The van der Waals surface area contributed by atoms with E-state index in [9.17, 15) is 4.79 Å². The predicted octanol–water partition coefficient (Wildman–Crippen LogP) is 5.36. The van der Waals surface area contributed by atoms with Crippen LogP contribution < -0.4 is 4.74 Å². The first kappa shape index (κ1) is 17.0. The Morgan fingerprint density at radius 3 is 2.25 bits per heavy atom. The highest BCUT2D eigenvalue weighted by Gasteiger charge is 2.06. The van der Waals surface area contributed by atoms with Gasteiger partial charge < -0.3 is 9.84 Å². The predicted molar refractivity (Wildman–Crippen MR) is 84.0 cm³/mol. The summed E-state index contributed by atoms with van der Waals surface area (Å²) in [7, 11) is 0. The number of hydrogen-bond acceptors (Lipinski definition) is 3. The first-order chi connectivity index (χ1) is 9.74. The van der Waals surface area contributed by atoms with Crippen LogP contribution in [0.15, 0.2) is 11.4 Å². The number of ether oxygens (including phenoxy) is 1. The maximum absolute atomic E-state index is 10.7. The molecule has 3 nitrogen and oxygen atoms in total. The van der Waals surface area contributed by atoms with E-state index in [4.69, 9.17) is 9.84 Å². The van der Waals surface area contributed by atoms with Crippen LogP contribution in [-0.2, 0) is 0 Å². The standard InChI is InChI=1S/C16H26O3S/c1-2-3-4-5-6-7-8-9-10-11-19-15-12-14(13-20-15)16(17)18/h12-13H,2-11H2,1H3,(H,17,18). The summed E-state index contributed by atoms with van der Waals surface area (Å²) in [6.45, 7) is 2.93. The Morgan fingerprint density at radius 2 is 1.70 bits per heavy atom. The Morgan fingerprint density at radius 1 is 1.10 bits per heavy atom. The summed E-state index contributed by atoms with van der Waals surface area (Å²) >= 11 is 1.35. The van der Waals surface area contributed by atoms with E-state index in [-0.39, 0.29) is 0 Å². The van der Waals surface area contributed by atoms with Gasteiger partial charge in [0.05, 0.1) is 12.2 Å². The summed E-state index contributed by atoms with van der Waals surface area (Å²) in [4.78, 5) is 10.7. The highest BCUT2D eigenvalue weighted by atomic mass is 32.1. The third kappa shape index (κ3) is 7.53. The first-order valence-corrected chi connectivity index (χ1v) is 8.56. The first-order valence-electron chi connectivity index (χ1n) is 7.68. The van der Waals surface area contributed by atoms with E-state index in [1.807, 2.05) is 0 Å². The van der Waals surface area contributed by atoms with Gasteiger partial charge in [-0.25, -0.2) is 4.79 Å². The maximum Gasteiger partial charge on any atom is 0.336 e. The van der Waals surface area contributed by atoms with Crippen LogP contribution in [-0.4, -0.2) is 17.7 Å². The number of carboxylic acids is 1. The van der Waals surface area contributed by atoms with Crippen LogP contribution >= 0.6 is 11.3 Å². The zero-order valence-electron chi connectivity index (χ0n) is 12.4. The molecule has 114 valence electrons. The van der Waals surface area contributed by atoms with Crippen molar-refractivity contribution in [2.75, 3.05) is 6.61 Å². The van der Waals surface area contributed by atoms with Crippen molar-refractivity contribution in [1.82, 2.24) is 0 Å². The molecule has 0 fully saturated rings. The van der Waals surface area contributed by atoms with Gasteiger partial charge >= 0.3 is 5.97 Å². The topological polar surface area (TPSA) is 46.5 Å². The zero-order valence-corrected chi connectivity index (χ0v) is 13.2. The Hall–Kier alpha value is -1.03. The molecule has 20 heavy (non-hydrogen) atoms. The Kier molecular flexibility index (Phi) is 9.13. The van der Waals surface area contributed by atoms with Gasteiger partial charge in [0, 0.05) is 11.4 Å². The van der Waals surface area contributed by atoms with E-state index >= 15 is 0 Å². The molecule has 0 aliphatic rings. The minimum Gasteiger partial charge on any atom is -0.484 e. The summed E-state index contributed by atoms with van der Waals surface area (Å²) in [6.07, 6.45) is 11.6.